The molecule has 1 aromatic carbocycles. The molecule has 5 heteroatoms. The molecule has 0 saturated heterocycles. The van der Waals surface area contributed by atoms with Crippen molar-refractivity contribution in [3.63, 3.8) is 0 Å². The van der Waals surface area contributed by atoms with Crippen molar-refractivity contribution >= 4 is 21.8 Å². The number of rotatable bonds is 4. The Hall–Kier alpha value is -1.75. The summed E-state index contributed by atoms with van der Waals surface area (Å²) >= 11 is 3.22. The van der Waals surface area contributed by atoms with Gasteiger partial charge in [-0.1, -0.05) is 18.2 Å². The van der Waals surface area contributed by atoms with Gasteiger partial charge in [-0.2, -0.15) is 0 Å². The van der Waals surface area contributed by atoms with E-state index in [1.165, 1.54) is 12.1 Å². The van der Waals surface area contributed by atoms with Crippen LogP contribution >= 0.6 is 15.9 Å². The number of carbonyl (C=O) groups is 1. The number of nitrogens with one attached hydrogen (secondary N) is 1. The molecular weight excluding hydrogens is 311 g/mol. The highest BCUT2D eigenvalue weighted by Gasteiger charge is 2.06. The molecule has 98 valence electrons. The SMILES string of the molecule is O=C(NCCc1ccc(F)cc1)c1cccc(Br)n1. The molecule has 3 nitrogen and oxygen atoms in total. The summed E-state index contributed by atoms with van der Waals surface area (Å²) in [7, 11) is 0. The van der Waals surface area contributed by atoms with Crippen LogP contribution in [-0.4, -0.2) is 17.4 Å². The van der Waals surface area contributed by atoms with E-state index in [-0.39, 0.29) is 11.7 Å². The van der Waals surface area contributed by atoms with Crippen LogP contribution < -0.4 is 5.32 Å². The van der Waals surface area contributed by atoms with Crippen LogP contribution in [0.5, 0.6) is 0 Å². The molecule has 0 unspecified atom stereocenters. The molecule has 2 rings (SSSR count). The van der Waals surface area contributed by atoms with Crippen LogP contribution in [0.15, 0.2) is 47.1 Å². The van der Waals surface area contributed by atoms with Crippen LogP contribution in [0, 0.1) is 5.82 Å². The average Bonchev–Trinajstić information content (AvgIpc) is 2.41. The molecular formula is C14H12BrFN2O. The molecule has 0 saturated carbocycles. The van der Waals surface area contributed by atoms with E-state index in [4.69, 9.17) is 0 Å². The maximum absolute atomic E-state index is 12.7. The fraction of sp³-hybridized carbons (Fsp3) is 0.143. The number of nitrogens with zero attached hydrogens (tertiary/aromatic N) is 1. The van der Waals surface area contributed by atoms with Crippen LogP contribution in [0.25, 0.3) is 0 Å². The minimum absolute atomic E-state index is 0.219. The molecule has 0 spiro atoms. The Morgan fingerprint density at radius 3 is 2.63 bits per heavy atom. The molecule has 0 radical (unpaired) electrons. The number of halogens is 2. The average molecular weight is 323 g/mol. The van der Waals surface area contributed by atoms with Gasteiger partial charge in [0.05, 0.1) is 0 Å². The van der Waals surface area contributed by atoms with Gasteiger partial charge in [-0.25, -0.2) is 9.37 Å². The number of hydrogen-bond acceptors (Lipinski definition) is 2. The topological polar surface area (TPSA) is 42.0 Å². The summed E-state index contributed by atoms with van der Waals surface area (Å²) in [6.45, 7) is 0.485. The van der Waals surface area contributed by atoms with Gasteiger partial charge in [0.2, 0.25) is 0 Å². The number of carbonyl (C=O) groups excluding carboxylic acids is 1. The van der Waals surface area contributed by atoms with E-state index in [1.54, 1.807) is 30.3 Å². The normalized spacial score (nSPS) is 10.2. The van der Waals surface area contributed by atoms with Crippen LogP contribution in [0.3, 0.4) is 0 Å². The fourth-order valence-electron chi connectivity index (χ4n) is 1.60. The van der Waals surface area contributed by atoms with Crippen LogP contribution in [0.4, 0.5) is 4.39 Å². The van der Waals surface area contributed by atoms with Crippen LogP contribution in [0.2, 0.25) is 0 Å². The van der Waals surface area contributed by atoms with Gasteiger partial charge in [-0.3, -0.25) is 4.79 Å². The molecule has 0 fully saturated rings. The second-order valence-corrected chi connectivity index (χ2v) is 4.79. The van der Waals surface area contributed by atoms with Gasteiger partial charge in [0.15, 0.2) is 0 Å². The first-order chi connectivity index (χ1) is 9.15. The Balaban J connectivity index is 1.86. The fourth-order valence-corrected chi connectivity index (χ4v) is 1.94. The molecule has 19 heavy (non-hydrogen) atoms. The quantitative estimate of drug-likeness (QED) is 0.879. The van der Waals surface area contributed by atoms with Gasteiger partial charge in [0, 0.05) is 6.54 Å². The van der Waals surface area contributed by atoms with Gasteiger partial charge in [-0.15, -0.1) is 0 Å². The second-order valence-electron chi connectivity index (χ2n) is 3.98. The summed E-state index contributed by atoms with van der Waals surface area (Å²) in [4.78, 5) is 15.9. The lowest BCUT2D eigenvalue weighted by Gasteiger charge is -2.05. The maximum Gasteiger partial charge on any atom is 0.269 e. The molecule has 0 atom stereocenters. The molecule has 1 N–H and O–H groups in total. The highest BCUT2D eigenvalue weighted by Crippen LogP contribution is 2.06. The molecule has 0 bridgehead atoms. The van der Waals surface area contributed by atoms with Crippen molar-refractivity contribution in [3.05, 3.63) is 64.1 Å². The molecule has 1 aromatic heterocycles. The van der Waals surface area contributed by atoms with Gasteiger partial charge in [-0.05, 0) is 52.2 Å². The molecule has 1 amide bonds. The summed E-state index contributed by atoms with van der Waals surface area (Å²) in [5.74, 6) is -0.477. The van der Waals surface area contributed by atoms with Gasteiger partial charge in [0.25, 0.3) is 5.91 Å². The number of pyridine rings is 1. The first-order valence-corrected chi connectivity index (χ1v) is 6.59. The summed E-state index contributed by atoms with van der Waals surface area (Å²) < 4.78 is 13.3. The van der Waals surface area contributed by atoms with Gasteiger partial charge < -0.3 is 5.32 Å². The van der Waals surface area contributed by atoms with E-state index in [2.05, 4.69) is 26.2 Å². The highest BCUT2D eigenvalue weighted by atomic mass is 79.9. The Labute approximate surface area is 119 Å². The zero-order valence-corrected chi connectivity index (χ0v) is 11.7. The standard InChI is InChI=1S/C14H12BrFN2O/c15-13-3-1-2-12(18-13)14(19)17-9-8-10-4-6-11(16)7-5-10/h1-7H,8-9H2,(H,17,19). The number of amides is 1. The van der Waals surface area contributed by atoms with E-state index in [0.717, 1.165) is 5.56 Å². The first-order valence-electron chi connectivity index (χ1n) is 5.80. The first kappa shape index (κ1) is 13.7. The summed E-state index contributed by atoms with van der Waals surface area (Å²) in [6.07, 6.45) is 0.653. The lowest BCUT2D eigenvalue weighted by atomic mass is 10.1. The molecule has 0 aliphatic heterocycles. The van der Waals surface area contributed by atoms with E-state index >= 15 is 0 Å². The van der Waals surface area contributed by atoms with Crippen molar-refractivity contribution in [3.8, 4) is 0 Å². The maximum atomic E-state index is 12.7. The second kappa shape index (κ2) is 6.43. The van der Waals surface area contributed by atoms with E-state index < -0.39 is 0 Å². The van der Waals surface area contributed by atoms with Crippen molar-refractivity contribution in [2.75, 3.05) is 6.54 Å². The van der Waals surface area contributed by atoms with Gasteiger partial charge in [0.1, 0.15) is 16.1 Å². The zero-order chi connectivity index (χ0) is 13.7. The minimum atomic E-state index is -0.258. The largest absolute Gasteiger partial charge is 0.350 e. The summed E-state index contributed by atoms with van der Waals surface area (Å²) in [5.41, 5.74) is 1.34. The van der Waals surface area contributed by atoms with Crippen molar-refractivity contribution < 1.29 is 9.18 Å². The lowest BCUT2D eigenvalue weighted by molar-refractivity contribution is 0.0949. The monoisotopic (exact) mass is 322 g/mol. The van der Waals surface area contributed by atoms with Crippen molar-refractivity contribution in [1.29, 1.82) is 0 Å². The predicted octanol–water partition coefficient (Wildman–Crippen LogP) is 2.96. The van der Waals surface area contributed by atoms with Gasteiger partial charge >= 0.3 is 0 Å². The predicted molar refractivity (Wildman–Crippen MR) is 74.4 cm³/mol. The lowest BCUT2D eigenvalue weighted by Crippen LogP contribution is -2.26. The molecule has 2 aromatic rings. The van der Waals surface area contributed by atoms with Crippen molar-refractivity contribution in [1.82, 2.24) is 10.3 Å². The third-order valence-corrected chi connectivity index (χ3v) is 3.00. The van der Waals surface area contributed by atoms with Crippen LogP contribution in [0.1, 0.15) is 16.1 Å². The Morgan fingerprint density at radius 2 is 1.95 bits per heavy atom. The van der Waals surface area contributed by atoms with E-state index in [9.17, 15) is 9.18 Å². The highest BCUT2D eigenvalue weighted by molar-refractivity contribution is 9.10. The Bertz CT molecular complexity index is 572. The number of benzene rings is 1. The van der Waals surface area contributed by atoms with Crippen molar-refractivity contribution in [2.45, 2.75) is 6.42 Å². The zero-order valence-electron chi connectivity index (χ0n) is 10.1. The van der Waals surface area contributed by atoms with Crippen LogP contribution in [-0.2, 0) is 6.42 Å². The Morgan fingerprint density at radius 1 is 1.21 bits per heavy atom. The Kier molecular flexibility index (Phi) is 4.63. The van der Waals surface area contributed by atoms with E-state index in [0.29, 0.717) is 23.3 Å². The minimum Gasteiger partial charge on any atom is -0.350 e. The number of aromatic nitrogens is 1. The number of hydrogen-bond donors (Lipinski definition) is 1. The smallest absolute Gasteiger partial charge is 0.269 e. The summed E-state index contributed by atoms with van der Waals surface area (Å²) in [5, 5.41) is 2.77. The molecule has 0 aliphatic carbocycles. The molecule has 1 heterocycles. The van der Waals surface area contributed by atoms with Crippen molar-refractivity contribution in [2.24, 2.45) is 0 Å². The summed E-state index contributed by atoms with van der Waals surface area (Å²) in [6, 6.07) is 11.4. The van der Waals surface area contributed by atoms with E-state index in [1.807, 2.05) is 0 Å². The third kappa shape index (κ3) is 4.13. The third-order valence-electron chi connectivity index (χ3n) is 2.56. The molecule has 0 aliphatic rings.